The smallest absolute Gasteiger partial charge is 0.251 e. The lowest BCUT2D eigenvalue weighted by atomic mass is 10.0. The summed E-state index contributed by atoms with van der Waals surface area (Å²) in [5.74, 6) is 7.32. The molecule has 0 bridgehead atoms. The number of likely N-dealkylation sites (tertiary alicyclic amines) is 2. The predicted octanol–water partition coefficient (Wildman–Crippen LogP) is 18.4. The molecule has 28 nitrogen and oxygen atoms in total. The highest BCUT2D eigenvalue weighted by molar-refractivity contribution is 6.00. The van der Waals surface area contributed by atoms with Crippen molar-refractivity contribution in [2.45, 2.75) is 50.4 Å². The van der Waals surface area contributed by atoms with Gasteiger partial charge in [-0.3, -0.25) is 9.69 Å². The van der Waals surface area contributed by atoms with Crippen molar-refractivity contribution in [3.05, 3.63) is 259 Å². The maximum Gasteiger partial charge on any atom is 0.251 e. The monoisotopic (exact) mass is 1950 g/mol. The number of nitrogen functional groups attached to an aromatic ring is 1. The number of halogens is 2. The number of nitriles is 2. The average Bonchev–Trinajstić information content (AvgIpc) is 1.63. The molecule has 0 saturated carbocycles. The lowest BCUT2D eigenvalue weighted by Gasteiger charge is -2.28. The van der Waals surface area contributed by atoms with E-state index >= 15 is 0 Å². The summed E-state index contributed by atoms with van der Waals surface area (Å²) in [4.78, 5) is 63.8. The molecular weight excluding hydrogens is 1840 g/mol. The molecule has 16 aromatic rings. The number of carbonyl (C=O) groups excluding carboxylic acids is 1. The van der Waals surface area contributed by atoms with Crippen LogP contribution in [0.2, 0.25) is 0 Å². The highest BCUT2D eigenvalue weighted by Gasteiger charge is 2.32. The van der Waals surface area contributed by atoms with Crippen LogP contribution in [0, 0.1) is 47.3 Å². The highest BCUT2D eigenvalue weighted by atomic mass is 19.3. The number of benzene rings is 7. The molecule has 23 rings (SSSR count). The zero-order chi connectivity index (χ0) is 99.9. The first-order valence-corrected chi connectivity index (χ1v) is 49.6. The molecule has 7 fully saturated rings. The summed E-state index contributed by atoms with van der Waals surface area (Å²) in [7, 11) is 3.80. The molecule has 146 heavy (non-hydrogen) atoms. The number of aromatic nitrogens is 9. The summed E-state index contributed by atoms with van der Waals surface area (Å²) in [6.07, 6.45) is 21.3. The van der Waals surface area contributed by atoms with Gasteiger partial charge in [-0.25, -0.2) is 33.7 Å². The van der Waals surface area contributed by atoms with Crippen LogP contribution in [-0.4, -0.2) is 262 Å². The first-order valence-electron chi connectivity index (χ1n) is 49.6. The molecular formula is C116H113F2N19O9. The van der Waals surface area contributed by atoms with Crippen molar-refractivity contribution >= 4 is 78.5 Å². The fourth-order valence-corrected chi connectivity index (χ4v) is 19.8. The van der Waals surface area contributed by atoms with Crippen molar-refractivity contribution in [3.8, 4) is 144 Å². The van der Waals surface area contributed by atoms with Gasteiger partial charge in [0.1, 0.15) is 70.1 Å². The van der Waals surface area contributed by atoms with Gasteiger partial charge in [-0.05, 0) is 221 Å². The van der Waals surface area contributed by atoms with Gasteiger partial charge in [0.05, 0.1) is 102 Å². The first-order chi connectivity index (χ1) is 71.6. The van der Waals surface area contributed by atoms with Crippen LogP contribution in [0.1, 0.15) is 47.9 Å². The predicted molar refractivity (Wildman–Crippen MR) is 568 cm³/mol. The largest absolute Gasteiger partial charge is 0.488 e. The molecule has 7 aliphatic rings. The van der Waals surface area contributed by atoms with Crippen molar-refractivity contribution in [1.29, 1.82) is 10.5 Å². The number of morpholine rings is 4. The van der Waals surface area contributed by atoms with Gasteiger partial charge in [0, 0.05) is 201 Å². The number of terminal acetylenes is 2. The third-order valence-electron chi connectivity index (χ3n) is 27.6. The van der Waals surface area contributed by atoms with Crippen LogP contribution >= 0.6 is 0 Å². The molecule has 16 heterocycles. The van der Waals surface area contributed by atoms with Gasteiger partial charge in [-0.1, -0.05) is 78.6 Å². The van der Waals surface area contributed by atoms with Crippen LogP contribution in [0.4, 0.5) is 37.2 Å². The van der Waals surface area contributed by atoms with E-state index in [4.69, 9.17) is 56.5 Å². The van der Waals surface area contributed by atoms with E-state index in [1.807, 2.05) is 109 Å². The van der Waals surface area contributed by atoms with Gasteiger partial charge in [-0.15, -0.1) is 12.8 Å². The van der Waals surface area contributed by atoms with E-state index in [1.54, 1.807) is 35.8 Å². The Morgan fingerprint density at radius 1 is 0.404 bits per heavy atom. The summed E-state index contributed by atoms with van der Waals surface area (Å²) in [5.41, 5.74) is 32.9. The summed E-state index contributed by atoms with van der Waals surface area (Å²) in [5, 5.41) is 23.1. The molecule has 30 heteroatoms. The summed E-state index contributed by atoms with van der Waals surface area (Å²) < 4.78 is 71.2. The number of carbonyl (C=O) groups is 1. The second-order valence-electron chi connectivity index (χ2n) is 37.3. The zero-order valence-electron chi connectivity index (χ0n) is 81.5. The van der Waals surface area contributed by atoms with Crippen molar-refractivity contribution in [2.24, 2.45) is 0 Å². The highest BCUT2D eigenvalue weighted by Crippen LogP contribution is 2.42. The number of pyridine rings is 5. The number of anilines is 5. The van der Waals surface area contributed by atoms with E-state index in [2.05, 4.69) is 210 Å². The van der Waals surface area contributed by atoms with Crippen LogP contribution in [0.3, 0.4) is 0 Å². The second kappa shape index (κ2) is 45.3. The molecule has 0 spiro atoms. The minimum Gasteiger partial charge on any atom is -0.488 e. The van der Waals surface area contributed by atoms with E-state index in [0.29, 0.717) is 97.7 Å². The Morgan fingerprint density at radius 2 is 0.747 bits per heavy atom. The molecule has 9 aromatic heterocycles. The Hall–Kier alpha value is -16.0. The maximum atomic E-state index is 12.7. The molecule has 7 aromatic carbocycles. The Labute approximate surface area is 846 Å². The Bertz CT molecular complexity index is 7480. The Morgan fingerprint density at radius 3 is 1.12 bits per heavy atom. The summed E-state index contributed by atoms with van der Waals surface area (Å²) in [6, 6.07) is 74.3. The number of alkyl halides is 2. The topological polar surface area (TPSA) is 315 Å². The molecule has 7 saturated heterocycles. The van der Waals surface area contributed by atoms with Gasteiger partial charge in [0.25, 0.3) is 6.43 Å². The SMILES string of the molecule is C#Cc1cc(-c2ccnc3[nH]c(-c4ccc(N5CCOCC5)cc4)cc23)ccc1O[C@@H]1CCN(C(=O)CN(C)C)C1.C#Cc1cc(-c2ccnc3[nH]c(-c4ccc(N5CCOCC5)cc4)cc23)ccc1O[C@@H]1CCN(CC(F)F)C1.N#Cc1cc(-c2ccnc3[nH]c(-c4ccc(N5CCOCC5)cc4)cc23)ccc1N.N#Cc1cc(-c2ccnc3[nH]c(-c4ccc(N5CCOCC5)cc4)cc23)cnc1OC1CCOCC1. The number of hydrogen-bond donors (Lipinski definition) is 5. The molecule has 1 amide bonds. The van der Waals surface area contributed by atoms with Crippen LogP contribution in [0.25, 0.3) is 134 Å². The molecule has 0 unspecified atom stereocenters. The lowest BCUT2D eigenvalue weighted by Crippen LogP contribution is -2.37. The number of nitrogens with two attached hydrogens (primary N) is 1. The Kier molecular flexibility index (Phi) is 30.2. The zero-order valence-corrected chi connectivity index (χ0v) is 81.5. The number of nitrogens with zero attached hydrogens (tertiary/aromatic N) is 14. The van der Waals surface area contributed by atoms with E-state index < -0.39 is 6.43 Å². The van der Waals surface area contributed by atoms with Gasteiger partial charge in [-0.2, -0.15) is 10.5 Å². The van der Waals surface area contributed by atoms with E-state index in [9.17, 15) is 24.1 Å². The normalized spacial score (nSPS) is 16.7. The number of hydrogen-bond acceptors (Lipinski definition) is 23. The number of likely N-dealkylation sites (N-methyl/N-ethyl adjacent to an activating group) is 1. The molecule has 6 N–H and O–H groups in total. The van der Waals surface area contributed by atoms with Crippen LogP contribution < -0.4 is 39.5 Å². The van der Waals surface area contributed by atoms with E-state index in [-0.39, 0.29) is 30.8 Å². The third kappa shape index (κ3) is 22.6. The number of rotatable bonds is 22. The molecule has 2 atom stereocenters. The number of nitrogens with one attached hydrogen (secondary N) is 4. The van der Waals surface area contributed by atoms with Crippen molar-refractivity contribution in [3.63, 3.8) is 0 Å². The summed E-state index contributed by atoms with van der Waals surface area (Å²) in [6.45, 7) is 17.3. The fraction of sp³-hybridized carbons (Fsp3) is 0.293. The minimum atomic E-state index is -2.34. The van der Waals surface area contributed by atoms with Crippen molar-refractivity contribution in [2.75, 3.05) is 197 Å². The first kappa shape index (κ1) is 97.4. The fourth-order valence-electron chi connectivity index (χ4n) is 19.8. The number of H-pyrrole nitrogens is 4. The molecule has 0 aliphatic carbocycles. The maximum absolute atomic E-state index is 12.7. The number of fused-ring (bicyclic) bond motifs is 4. The number of amides is 1. The lowest BCUT2D eigenvalue weighted by molar-refractivity contribution is -0.131. The van der Waals surface area contributed by atoms with Crippen molar-refractivity contribution in [1.82, 2.24) is 59.6 Å². The molecule has 0 radical (unpaired) electrons. The van der Waals surface area contributed by atoms with Crippen LogP contribution in [-0.2, 0) is 28.5 Å². The average molecular weight is 1960 g/mol. The minimum absolute atomic E-state index is 0.0266. The van der Waals surface area contributed by atoms with Gasteiger partial charge < -0.3 is 93.0 Å². The van der Waals surface area contributed by atoms with Crippen LogP contribution in [0.15, 0.2) is 237 Å². The quantitative estimate of drug-likeness (QED) is 0.0311. The van der Waals surface area contributed by atoms with E-state index in [1.165, 1.54) is 22.7 Å². The number of aromatic amines is 4. The molecule has 740 valence electrons. The number of ether oxygens (including phenoxy) is 8. The van der Waals surface area contributed by atoms with Gasteiger partial charge in [0.15, 0.2) is 0 Å². The van der Waals surface area contributed by atoms with Crippen molar-refractivity contribution < 1.29 is 51.5 Å². The summed E-state index contributed by atoms with van der Waals surface area (Å²) >= 11 is 0. The third-order valence-corrected chi connectivity index (χ3v) is 27.6. The van der Waals surface area contributed by atoms with Gasteiger partial charge in [0.2, 0.25) is 11.8 Å². The van der Waals surface area contributed by atoms with Crippen LogP contribution in [0.5, 0.6) is 17.4 Å². The standard InChI is InChI=1S/C33H35N5O3.C31H30F2N4O2.C28H27N5O3.C24H21N5O/c1-4-23-19-25(7-10-31(23)41-27-12-14-38(21-27)32(39)22-36(2)3)28-11-13-34-33-29(28)20-30(35-33)24-5-8-26(9-6-24)37-15-17-40-18-16-37;1-2-21-17-23(5-8-29(21)39-25-10-12-36(19-25)20-30(32)33)26-9-11-34-31-27(26)18-28(35-31)22-3-6-24(7-4-22)37-13-15-38-16-14-37;29-17-20-15-21(18-31-28(20)36-23-6-11-34-12-7-23)24-5-8-30-27-25(24)16-26(32-27)19-1-3-22(4-2-19)33-9-13-35-14-10-33;25-15-18-13-17(3-6-22(18)26)20-7-8-27-24-21(20)14-23(28-24)16-1-4-19(5-2-16)29-9-11-30-12-10-29/h1,5-11,13,19-20,27H,12,14-18,21-22H2,2-3H3,(H,34,35);1,3-9,11,17-18,25,30H,10,12-16,19-20H2,(H,34,35);1-5,8,15-16,18,23H,6-7,9-14H2,(H,30,32);1-8,13-14H,9-12,26H2,(H,27,28)/t27-;25-;;/m11../s1. The molecule has 7 aliphatic heterocycles. The van der Waals surface area contributed by atoms with Gasteiger partial charge >= 0.3 is 0 Å². The second-order valence-corrected chi connectivity index (χ2v) is 37.3. The Balaban J connectivity index is 0.000000119. The van der Waals surface area contributed by atoms with E-state index in [0.717, 1.165) is 258 Å².